The van der Waals surface area contributed by atoms with E-state index in [1.54, 1.807) is 0 Å². The molecule has 0 atom stereocenters. The third-order valence-corrected chi connectivity index (χ3v) is 3.02. The van der Waals surface area contributed by atoms with Gasteiger partial charge in [-0.2, -0.15) is 0 Å². The van der Waals surface area contributed by atoms with E-state index in [9.17, 15) is 0 Å². The Kier molecular flexibility index (Phi) is 4.34. The van der Waals surface area contributed by atoms with Crippen LogP contribution >= 0.6 is 0 Å². The average Bonchev–Trinajstić information content (AvgIpc) is 2.42. The smallest absolute Gasteiger partial charge is 0.136 e. The van der Waals surface area contributed by atoms with E-state index in [1.165, 1.54) is 29.1 Å². The van der Waals surface area contributed by atoms with Crippen LogP contribution in [0.15, 0.2) is 60.7 Å². The molecule has 0 aromatic heterocycles. The maximum Gasteiger partial charge on any atom is 0.136 e. The van der Waals surface area contributed by atoms with Crippen LogP contribution < -0.4 is 4.90 Å². The lowest BCUT2D eigenvalue weighted by molar-refractivity contribution is -0.760. The van der Waals surface area contributed by atoms with Gasteiger partial charge in [0.1, 0.15) is 11.4 Å². The van der Waals surface area contributed by atoms with Gasteiger partial charge in [0, 0.05) is 0 Å². The maximum absolute atomic E-state index is 2.24. The molecule has 0 saturated heterocycles. The first-order valence-corrected chi connectivity index (χ1v) is 6.38. The molecule has 0 aliphatic heterocycles. The summed E-state index contributed by atoms with van der Waals surface area (Å²) in [6.07, 6.45) is 2.49. The number of hydrogen-bond acceptors (Lipinski definition) is 0. The minimum absolute atomic E-state index is 1.16. The average molecular weight is 226 g/mol. The van der Waals surface area contributed by atoms with E-state index in [2.05, 4.69) is 67.6 Å². The molecule has 17 heavy (non-hydrogen) atoms. The summed E-state index contributed by atoms with van der Waals surface area (Å²) in [4.78, 5) is 1.47. The third-order valence-electron chi connectivity index (χ3n) is 3.02. The molecule has 0 aliphatic rings. The monoisotopic (exact) mass is 226 g/mol. The highest BCUT2D eigenvalue weighted by Gasteiger charge is 2.13. The van der Waals surface area contributed by atoms with Gasteiger partial charge < -0.3 is 0 Å². The summed E-state index contributed by atoms with van der Waals surface area (Å²) in [7, 11) is 0. The van der Waals surface area contributed by atoms with Crippen molar-refractivity contribution in [2.24, 2.45) is 0 Å². The Morgan fingerprint density at radius 2 is 1.24 bits per heavy atom. The maximum atomic E-state index is 2.24. The fraction of sp³-hybridized carbons (Fsp3) is 0.250. The molecular formula is C16H20N+. The molecular weight excluding hydrogens is 206 g/mol. The van der Waals surface area contributed by atoms with Crippen molar-refractivity contribution in [3.63, 3.8) is 0 Å². The van der Waals surface area contributed by atoms with E-state index in [0.29, 0.717) is 0 Å². The van der Waals surface area contributed by atoms with Gasteiger partial charge in [-0.05, 0) is 30.7 Å². The molecule has 0 unspecified atom stereocenters. The number of para-hydroxylation sites is 2. The Balaban J connectivity index is 2.26. The van der Waals surface area contributed by atoms with Crippen LogP contribution in [0.5, 0.6) is 0 Å². The second kappa shape index (κ2) is 6.21. The second-order valence-corrected chi connectivity index (χ2v) is 4.31. The Labute approximate surface area is 104 Å². The largest absolute Gasteiger partial charge is 0.270 e. The highest BCUT2D eigenvalue weighted by Crippen LogP contribution is 2.07. The van der Waals surface area contributed by atoms with Crippen LogP contribution in [0.3, 0.4) is 0 Å². The molecule has 1 heteroatoms. The standard InChI is InChI=1S/C16H19N/c1-2-3-14-17(15-10-6-4-7-11-15)16-12-8-5-9-13-16/h4-13H,2-3,14H2,1H3/p+1. The van der Waals surface area contributed by atoms with Gasteiger partial charge in [-0.15, -0.1) is 0 Å². The van der Waals surface area contributed by atoms with Crippen LogP contribution in [0, 0.1) is 0 Å². The van der Waals surface area contributed by atoms with Crippen LogP contribution in [0.4, 0.5) is 11.4 Å². The van der Waals surface area contributed by atoms with E-state index in [4.69, 9.17) is 0 Å². The quantitative estimate of drug-likeness (QED) is 0.797. The summed E-state index contributed by atoms with van der Waals surface area (Å²) in [5, 5.41) is 0. The lowest BCUT2D eigenvalue weighted by Crippen LogP contribution is -3.02. The number of hydrogen-bond donors (Lipinski definition) is 1. The van der Waals surface area contributed by atoms with E-state index in [-0.39, 0.29) is 0 Å². The number of benzene rings is 2. The van der Waals surface area contributed by atoms with Crippen LogP contribution in [-0.4, -0.2) is 6.54 Å². The normalized spacial score (nSPS) is 10.7. The molecule has 0 aliphatic carbocycles. The van der Waals surface area contributed by atoms with Gasteiger partial charge in [0.15, 0.2) is 0 Å². The van der Waals surface area contributed by atoms with E-state index >= 15 is 0 Å². The van der Waals surface area contributed by atoms with Gasteiger partial charge in [-0.25, -0.2) is 0 Å². The molecule has 1 nitrogen and oxygen atoms in total. The van der Waals surface area contributed by atoms with Crippen molar-refractivity contribution in [2.45, 2.75) is 19.8 Å². The molecule has 0 radical (unpaired) electrons. The Bertz CT molecular complexity index is 382. The second-order valence-electron chi connectivity index (χ2n) is 4.31. The predicted octanol–water partition coefficient (Wildman–Crippen LogP) is 3.33. The Morgan fingerprint density at radius 3 is 1.65 bits per heavy atom. The Morgan fingerprint density at radius 1 is 0.765 bits per heavy atom. The van der Waals surface area contributed by atoms with Crippen molar-refractivity contribution >= 4 is 11.4 Å². The number of quaternary nitrogens is 1. The fourth-order valence-electron chi connectivity index (χ4n) is 2.09. The van der Waals surface area contributed by atoms with Crippen LogP contribution in [0.1, 0.15) is 19.8 Å². The van der Waals surface area contributed by atoms with Crippen molar-refractivity contribution in [3.8, 4) is 0 Å². The molecule has 2 aromatic carbocycles. The molecule has 0 amide bonds. The molecule has 2 aromatic rings. The fourth-order valence-corrected chi connectivity index (χ4v) is 2.09. The highest BCUT2D eigenvalue weighted by atomic mass is 15.1. The SMILES string of the molecule is CCCC[NH+](c1ccccc1)c1ccccc1. The van der Waals surface area contributed by atoms with Crippen molar-refractivity contribution in [1.82, 2.24) is 0 Å². The zero-order chi connectivity index (χ0) is 11.9. The minimum atomic E-state index is 1.16. The van der Waals surface area contributed by atoms with Crippen LogP contribution in [0.2, 0.25) is 0 Å². The molecule has 1 N–H and O–H groups in total. The zero-order valence-electron chi connectivity index (χ0n) is 10.4. The number of nitrogens with one attached hydrogen (secondary N) is 1. The van der Waals surface area contributed by atoms with Gasteiger partial charge in [0.25, 0.3) is 0 Å². The summed E-state index contributed by atoms with van der Waals surface area (Å²) < 4.78 is 0. The summed E-state index contributed by atoms with van der Waals surface area (Å²) >= 11 is 0. The number of rotatable bonds is 5. The zero-order valence-corrected chi connectivity index (χ0v) is 10.4. The van der Waals surface area contributed by atoms with Crippen molar-refractivity contribution in [3.05, 3.63) is 60.7 Å². The molecule has 0 bridgehead atoms. The van der Waals surface area contributed by atoms with E-state index in [0.717, 1.165) is 6.54 Å². The Hall–Kier alpha value is -1.60. The summed E-state index contributed by atoms with van der Waals surface area (Å²) in [5.41, 5.74) is 2.71. The molecule has 88 valence electrons. The van der Waals surface area contributed by atoms with Gasteiger partial charge in [-0.3, -0.25) is 4.90 Å². The molecule has 2 rings (SSSR count). The van der Waals surface area contributed by atoms with Crippen LogP contribution in [0.25, 0.3) is 0 Å². The van der Waals surface area contributed by atoms with E-state index in [1.807, 2.05) is 0 Å². The van der Waals surface area contributed by atoms with Crippen LogP contribution in [-0.2, 0) is 0 Å². The molecule has 0 heterocycles. The summed E-state index contributed by atoms with van der Waals surface area (Å²) in [6, 6.07) is 21.4. The van der Waals surface area contributed by atoms with Gasteiger partial charge in [0.05, 0.1) is 6.54 Å². The highest BCUT2D eigenvalue weighted by molar-refractivity contribution is 5.37. The molecule has 0 spiro atoms. The first-order valence-electron chi connectivity index (χ1n) is 6.38. The first kappa shape index (κ1) is 11.9. The van der Waals surface area contributed by atoms with Gasteiger partial charge in [0.2, 0.25) is 0 Å². The van der Waals surface area contributed by atoms with E-state index < -0.39 is 0 Å². The molecule has 0 fully saturated rings. The molecule has 0 saturated carbocycles. The van der Waals surface area contributed by atoms with Crippen molar-refractivity contribution in [1.29, 1.82) is 0 Å². The van der Waals surface area contributed by atoms with Crippen molar-refractivity contribution in [2.75, 3.05) is 6.54 Å². The lowest BCUT2D eigenvalue weighted by Gasteiger charge is -2.18. The van der Waals surface area contributed by atoms with Crippen molar-refractivity contribution < 1.29 is 4.90 Å². The summed E-state index contributed by atoms with van der Waals surface area (Å²) in [5.74, 6) is 0. The third kappa shape index (κ3) is 3.18. The predicted molar refractivity (Wildman–Crippen MR) is 72.9 cm³/mol. The first-order chi connectivity index (χ1) is 8.42. The van der Waals surface area contributed by atoms with Gasteiger partial charge in [-0.1, -0.05) is 49.7 Å². The topological polar surface area (TPSA) is 4.44 Å². The lowest BCUT2D eigenvalue weighted by atomic mass is 10.2. The minimum Gasteiger partial charge on any atom is -0.270 e. The summed E-state index contributed by atoms with van der Waals surface area (Å²) in [6.45, 7) is 3.40. The number of unbranched alkanes of at least 4 members (excludes halogenated alkanes) is 1. The van der Waals surface area contributed by atoms with Gasteiger partial charge >= 0.3 is 0 Å².